The van der Waals surface area contributed by atoms with Crippen LogP contribution in [0.2, 0.25) is 0 Å². The fourth-order valence-corrected chi connectivity index (χ4v) is 3.23. The Morgan fingerprint density at radius 2 is 1.82 bits per heavy atom. The van der Waals surface area contributed by atoms with Gasteiger partial charge in [-0.3, -0.25) is 4.79 Å². The van der Waals surface area contributed by atoms with E-state index in [2.05, 4.69) is 18.9 Å². The molecule has 5 heteroatoms. The number of carbonyl (C=O) groups excluding carboxylic acids is 1. The summed E-state index contributed by atoms with van der Waals surface area (Å²) in [6.07, 6.45) is 3.27. The SMILES string of the molecule is CC1CCCC(C)N1C(=O)c1cc(N)n(-c2ccccc2)n1. The van der Waals surface area contributed by atoms with Gasteiger partial charge in [-0.1, -0.05) is 18.2 Å². The Morgan fingerprint density at radius 1 is 1.18 bits per heavy atom. The molecule has 1 saturated heterocycles. The number of rotatable bonds is 2. The quantitative estimate of drug-likeness (QED) is 0.927. The smallest absolute Gasteiger partial charge is 0.274 e. The van der Waals surface area contributed by atoms with Gasteiger partial charge in [0.05, 0.1) is 5.69 Å². The summed E-state index contributed by atoms with van der Waals surface area (Å²) in [4.78, 5) is 14.8. The van der Waals surface area contributed by atoms with Crippen molar-refractivity contribution < 1.29 is 4.79 Å². The molecule has 5 nitrogen and oxygen atoms in total. The summed E-state index contributed by atoms with van der Waals surface area (Å²) in [6, 6.07) is 11.8. The highest BCUT2D eigenvalue weighted by Gasteiger charge is 2.31. The lowest BCUT2D eigenvalue weighted by molar-refractivity contribution is 0.0504. The molecule has 22 heavy (non-hydrogen) atoms. The van der Waals surface area contributed by atoms with E-state index in [1.165, 1.54) is 6.42 Å². The van der Waals surface area contributed by atoms with E-state index in [0.717, 1.165) is 18.5 Å². The zero-order valence-electron chi connectivity index (χ0n) is 13.1. The van der Waals surface area contributed by atoms with Crippen molar-refractivity contribution in [2.24, 2.45) is 0 Å². The van der Waals surface area contributed by atoms with Crippen LogP contribution in [0.4, 0.5) is 5.82 Å². The number of nitrogen functional groups attached to an aromatic ring is 1. The van der Waals surface area contributed by atoms with Gasteiger partial charge < -0.3 is 10.6 Å². The number of para-hydroxylation sites is 1. The maximum Gasteiger partial charge on any atom is 0.274 e. The molecule has 1 amide bonds. The molecule has 1 aromatic carbocycles. The van der Waals surface area contributed by atoms with Crippen molar-refractivity contribution in [1.82, 2.24) is 14.7 Å². The Labute approximate surface area is 130 Å². The summed E-state index contributed by atoms with van der Waals surface area (Å²) in [5.41, 5.74) is 7.32. The van der Waals surface area contributed by atoms with Crippen LogP contribution in [0.3, 0.4) is 0 Å². The minimum absolute atomic E-state index is 0.0268. The molecular formula is C17H22N4O. The maximum absolute atomic E-state index is 12.8. The minimum atomic E-state index is -0.0268. The lowest BCUT2D eigenvalue weighted by Gasteiger charge is -2.38. The van der Waals surface area contributed by atoms with Crippen molar-refractivity contribution in [3.8, 4) is 5.69 Å². The van der Waals surface area contributed by atoms with Gasteiger partial charge in [0.2, 0.25) is 0 Å². The zero-order valence-corrected chi connectivity index (χ0v) is 13.1. The number of piperidine rings is 1. The molecule has 0 saturated carbocycles. The molecule has 0 radical (unpaired) electrons. The molecule has 2 N–H and O–H groups in total. The van der Waals surface area contributed by atoms with E-state index in [1.807, 2.05) is 35.2 Å². The van der Waals surface area contributed by atoms with E-state index in [-0.39, 0.29) is 18.0 Å². The normalized spacial score (nSPS) is 21.8. The highest BCUT2D eigenvalue weighted by molar-refractivity contribution is 5.93. The summed E-state index contributed by atoms with van der Waals surface area (Å²) >= 11 is 0. The molecule has 0 aliphatic carbocycles. The van der Waals surface area contributed by atoms with Crippen molar-refractivity contribution in [1.29, 1.82) is 0 Å². The molecule has 1 aromatic heterocycles. The van der Waals surface area contributed by atoms with Gasteiger partial charge in [-0.2, -0.15) is 5.10 Å². The molecular weight excluding hydrogens is 276 g/mol. The van der Waals surface area contributed by atoms with Crippen molar-refractivity contribution in [3.05, 3.63) is 42.1 Å². The number of carbonyl (C=O) groups is 1. The second kappa shape index (κ2) is 5.83. The van der Waals surface area contributed by atoms with Crippen LogP contribution in [0, 0.1) is 0 Å². The third-order valence-corrected chi connectivity index (χ3v) is 4.38. The Hall–Kier alpha value is -2.30. The lowest BCUT2D eigenvalue weighted by Crippen LogP contribution is -2.47. The summed E-state index contributed by atoms with van der Waals surface area (Å²) in [5.74, 6) is 0.452. The summed E-state index contributed by atoms with van der Waals surface area (Å²) in [6.45, 7) is 4.20. The first-order valence-electron chi connectivity index (χ1n) is 7.81. The van der Waals surface area contributed by atoms with Gasteiger partial charge in [0, 0.05) is 18.2 Å². The molecule has 2 heterocycles. The fraction of sp³-hybridized carbons (Fsp3) is 0.412. The monoisotopic (exact) mass is 298 g/mol. The van der Waals surface area contributed by atoms with Gasteiger partial charge in [-0.05, 0) is 45.2 Å². The minimum Gasteiger partial charge on any atom is -0.384 e. The van der Waals surface area contributed by atoms with E-state index >= 15 is 0 Å². The largest absolute Gasteiger partial charge is 0.384 e. The van der Waals surface area contributed by atoms with Crippen LogP contribution in [0.15, 0.2) is 36.4 Å². The number of amides is 1. The van der Waals surface area contributed by atoms with E-state index in [4.69, 9.17) is 5.73 Å². The average Bonchev–Trinajstić information content (AvgIpc) is 2.90. The Morgan fingerprint density at radius 3 is 2.45 bits per heavy atom. The van der Waals surface area contributed by atoms with Crippen LogP contribution in [0.5, 0.6) is 0 Å². The van der Waals surface area contributed by atoms with Crippen molar-refractivity contribution in [2.45, 2.75) is 45.2 Å². The number of likely N-dealkylation sites (tertiary alicyclic amines) is 1. The second-order valence-corrected chi connectivity index (χ2v) is 6.04. The molecule has 0 bridgehead atoms. The summed E-state index contributed by atoms with van der Waals surface area (Å²) in [5, 5.41) is 4.42. The van der Waals surface area contributed by atoms with Crippen LogP contribution in [-0.2, 0) is 0 Å². The van der Waals surface area contributed by atoms with Crippen molar-refractivity contribution >= 4 is 11.7 Å². The topological polar surface area (TPSA) is 64.2 Å². The average molecular weight is 298 g/mol. The molecule has 0 spiro atoms. The van der Waals surface area contributed by atoms with Crippen LogP contribution >= 0.6 is 0 Å². The fourth-order valence-electron chi connectivity index (χ4n) is 3.23. The van der Waals surface area contributed by atoms with Gasteiger partial charge in [-0.15, -0.1) is 0 Å². The van der Waals surface area contributed by atoms with E-state index in [0.29, 0.717) is 11.5 Å². The van der Waals surface area contributed by atoms with Crippen molar-refractivity contribution in [2.75, 3.05) is 5.73 Å². The number of hydrogen-bond acceptors (Lipinski definition) is 3. The molecule has 1 fully saturated rings. The summed E-state index contributed by atoms with van der Waals surface area (Å²) in [7, 11) is 0. The molecule has 1 aliphatic rings. The van der Waals surface area contributed by atoms with E-state index < -0.39 is 0 Å². The van der Waals surface area contributed by atoms with Crippen LogP contribution in [-0.4, -0.2) is 32.7 Å². The predicted octanol–water partition coefficient (Wildman–Crippen LogP) is 2.86. The van der Waals surface area contributed by atoms with Gasteiger partial charge in [-0.25, -0.2) is 4.68 Å². The number of hydrogen-bond donors (Lipinski definition) is 1. The number of benzene rings is 1. The predicted molar refractivity (Wildman–Crippen MR) is 86.9 cm³/mol. The molecule has 1 aliphatic heterocycles. The number of anilines is 1. The summed E-state index contributed by atoms with van der Waals surface area (Å²) < 4.78 is 1.62. The third kappa shape index (κ3) is 2.58. The zero-order chi connectivity index (χ0) is 15.7. The number of nitrogens with two attached hydrogens (primary N) is 1. The third-order valence-electron chi connectivity index (χ3n) is 4.38. The first kappa shape index (κ1) is 14.6. The molecule has 116 valence electrons. The highest BCUT2D eigenvalue weighted by Crippen LogP contribution is 2.25. The molecule has 2 atom stereocenters. The second-order valence-electron chi connectivity index (χ2n) is 6.04. The standard InChI is InChI=1S/C17H22N4O/c1-12-7-6-8-13(2)20(12)17(22)15-11-16(18)21(19-15)14-9-4-3-5-10-14/h3-5,9-13H,6-8,18H2,1-2H3. The Kier molecular flexibility index (Phi) is 3.88. The lowest BCUT2D eigenvalue weighted by atomic mass is 9.97. The van der Waals surface area contributed by atoms with Gasteiger partial charge in [0.1, 0.15) is 5.82 Å². The van der Waals surface area contributed by atoms with Gasteiger partial charge in [0.25, 0.3) is 5.91 Å². The van der Waals surface area contributed by atoms with Crippen LogP contribution in [0.1, 0.15) is 43.6 Å². The van der Waals surface area contributed by atoms with Gasteiger partial charge in [0.15, 0.2) is 5.69 Å². The van der Waals surface area contributed by atoms with Crippen LogP contribution in [0.25, 0.3) is 5.69 Å². The number of aromatic nitrogens is 2. The van der Waals surface area contributed by atoms with E-state index in [1.54, 1.807) is 10.7 Å². The molecule has 2 aromatic rings. The molecule has 2 unspecified atom stereocenters. The molecule has 3 rings (SSSR count). The van der Waals surface area contributed by atoms with Gasteiger partial charge >= 0.3 is 0 Å². The maximum atomic E-state index is 12.8. The first-order chi connectivity index (χ1) is 10.6. The van der Waals surface area contributed by atoms with Crippen LogP contribution < -0.4 is 5.73 Å². The first-order valence-corrected chi connectivity index (χ1v) is 7.81. The van der Waals surface area contributed by atoms with E-state index in [9.17, 15) is 4.79 Å². The highest BCUT2D eigenvalue weighted by atomic mass is 16.2. The van der Waals surface area contributed by atoms with Crippen molar-refractivity contribution in [3.63, 3.8) is 0 Å². The number of nitrogens with zero attached hydrogens (tertiary/aromatic N) is 3. The Balaban J connectivity index is 1.91. The Bertz CT molecular complexity index is 655.